The van der Waals surface area contributed by atoms with Gasteiger partial charge < -0.3 is 9.84 Å². The Morgan fingerprint density at radius 1 is 1.19 bits per heavy atom. The van der Waals surface area contributed by atoms with E-state index < -0.39 is 17.8 Å². The number of hydrogen-bond donors (Lipinski definition) is 1. The summed E-state index contributed by atoms with van der Waals surface area (Å²) in [5, 5.41) is 9.70. The number of carboxylic acids is 1. The molecule has 5 nitrogen and oxygen atoms in total. The highest BCUT2D eigenvalue weighted by Crippen LogP contribution is 2.26. The van der Waals surface area contributed by atoms with Crippen LogP contribution in [-0.4, -0.2) is 54.2 Å². The van der Waals surface area contributed by atoms with Crippen LogP contribution in [0.2, 0.25) is 0 Å². The lowest BCUT2D eigenvalue weighted by atomic mass is 10.0. The third-order valence-corrected chi connectivity index (χ3v) is 5.00. The minimum atomic E-state index is -1.01. The van der Waals surface area contributed by atoms with Crippen LogP contribution in [0.3, 0.4) is 0 Å². The van der Waals surface area contributed by atoms with Crippen molar-refractivity contribution < 1.29 is 19.0 Å². The van der Waals surface area contributed by atoms with Gasteiger partial charge in [0.15, 0.2) is 0 Å². The molecule has 0 unspecified atom stereocenters. The Morgan fingerprint density at radius 3 is 2.56 bits per heavy atom. The van der Waals surface area contributed by atoms with Crippen molar-refractivity contribution in [3.05, 3.63) is 65.0 Å². The van der Waals surface area contributed by atoms with Crippen molar-refractivity contribution in [1.29, 1.82) is 0 Å². The normalized spacial score (nSPS) is 16.9. The van der Waals surface area contributed by atoms with Gasteiger partial charge in [-0.3, -0.25) is 14.6 Å². The molecule has 0 radical (unpaired) electrons. The zero-order chi connectivity index (χ0) is 19.4. The maximum Gasteiger partial charge on any atom is 0.325 e. The van der Waals surface area contributed by atoms with E-state index >= 15 is 0 Å². The molecule has 6 heteroatoms. The molecule has 0 aliphatic carbocycles. The first-order valence-corrected chi connectivity index (χ1v) is 9.06. The molecule has 1 aliphatic heterocycles. The number of ether oxygens (including phenoxy) is 1. The van der Waals surface area contributed by atoms with Gasteiger partial charge in [-0.15, -0.1) is 0 Å². The minimum absolute atomic E-state index is 0.231. The molecule has 0 spiro atoms. The molecule has 0 saturated carbocycles. The topological polar surface area (TPSA) is 53.0 Å². The fraction of sp³-hybridized carbons (Fsp3) is 0.381. The number of aliphatic carboxylic acids is 1. The lowest BCUT2D eigenvalue weighted by Crippen LogP contribution is -2.49. The Kier molecular flexibility index (Phi) is 6.08. The van der Waals surface area contributed by atoms with E-state index in [0.717, 1.165) is 36.5 Å². The van der Waals surface area contributed by atoms with Gasteiger partial charge in [-0.25, -0.2) is 4.39 Å². The summed E-state index contributed by atoms with van der Waals surface area (Å²) in [5.41, 5.74) is 2.17. The largest absolute Gasteiger partial charge is 0.497 e. The molecule has 1 heterocycles. The van der Waals surface area contributed by atoms with Crippen molar-refractivity contribution >= 4 is 5.97 Å². The number of carboxylic acid groups (broad SMARTS) is 1. The molecule has 2 aromatic carbocycles. The molecule has 0 aromatic heterocycles. The van der Waals surface area contributed by atoms with Gasteiger partial charge in [-0.1, -0.05) is 24.3 Å². The smallest absolute Gasteiger partial charge is 0.325 e. The fourth-order valence-corrected chi connectivity index (χ4v) is 3.55. The molecular formula is C21H25FN2O3. The summed E-state index contributed by atoms with van der Waals surface area (Å²) in [6, 6.07) is 11.7. The van der Waals surface area contributed by atoms with Crippen LogP contribution in [0.5, 0.6) is 5.75 Å². The average Bonchev–Trinajstić information content (AvgIpc) is 2.65. The molecule has 1 atom stereocenters. The van der Waals surface area contributed by atoms with Crippen LogP contribution in [0.1, 0.15) is 22.7 Å². The second-order valence-electron chi connectivity index (χ2n) is 6.93. The van der Waals surface area contributed by atoms with Crippen LogP contribution in [0.15, 0.2) is 42.5 Å². The Bertz CT molecular complexity index is 804. The fourth-order valence-electron chi connectivity index (χ4n) is 3.55. The van der Waals surface area contributed by atoms with Gasteiger partial charge in [0, 0.05) is 38.3 Å². The van der Waals surface area contributed by atoms with Crippen LogP contribution in [-0.2, 0) is 11.3 Å². The van der Waals surface area contributed by atoms with E-state index in [4.69, 9.17) is 4.74 Å². The van der Waals surface area contributed by atoms with E-state index in [9.17, 15) is 14.3 Å². The molecule has 1 fully saturated rings. The maximum atomic E-state index is 14.3. The lowest BCUT2D eigenvalue weighted by Gasteiger charge is -2.38. The Hall–Kier alpha value is -2.44. The van der Waals surface area contributed by atoms with Gasteiger partial charge in [-0.05, 0) is 36.2 Å². The molecular weight excluding hydrogens is 347 g/mol. The van der Waals surface area contributed by atoms with Crippen LogP contribution in [0.4, 0.5) is 4.39 Å². The minimum Gasteiger partial charge on any atom is -0.497 e. The molecule has 2 aromatic rings. The molecule has 3 rings (SSSR count). The molecule has 144 valence electrons. The number of carbonyl (C=O) groups is 1. The third kappa shape index (κ3) is 4.64. The number of halogens is 1. The van der Waals surface area contributed by atoms with Crippen molar-refractivity contribution in [2.75, 3.05) is 33.3 Å². The SMILES string of the molecule is COc1cccc(CN2CCN([C@@H](C(=O)O)c3ccc(C)cc3F)CC2)c1. The summed E-state index contributed by atoms with van der Waals surface area (Å²) in [6.45, 7) is 5.19. The number of rotatable bonds is 6. The second kappa shape index (κ2) is 8.50. The van der Waals surface area contributed by atoms with E-state index in [2.05, 4.69) is 11.0 Å². The van der Waals surface area contributed by atoms with Gasteiger partial charge in [0.2, 0.25) is 0 Å². The van der Waals surface area contributed by atoms with Crippen molar-refractivity contribution in [3.8, 4) is 5.75 Å². The molecule has 1 saturated heterocycles. The quantitative estimate of drug-likeness (QED) is 0.845. The molecule has 0 bridgehead atoms. The average molecular weight is 372 g/mol. The predicted octanol–water partition coefficient (Wildman–Crippen LogP) is 3.09. The van der Waals surface area contributed by atoms with Crippen molar-refractivity contribution in [2.45, 2.75) is 19.5 Å². The van der Waals surface area contributed by atoms with Crippen molar-refractivity contribution in [2.24, 2.45) is 0 Å². The second-order valence-corrected chi connectivity index (χ2v) is 6.93. The number of hydrogen-bond acceptors (Lipinski definition) is 4. The highest BCUT2D eigenvalue weighted by Gasteiger charge is 2.32. The summed E-state index contributed by atoms with van der Waals surface area (Å²) >= 11 is 0. The summed E-state index contributed by atoms with van der Waals surface area (Å²) in [4.78, 5) is 16.0. The van der Waals surface area contributed by atoms with Gasteiger partial charge in [0.1, 0.15) is 17.6 Å². The predicted molar refractivity (Wildman–Crippen MR) is 101 cm³/mol. The van der Waals surface area contributed by atoms with Crippen molar-refractivity contribution in [1.82, 2.24) is 9.80 Å². The monoisotopic (exact) mass is 372 g/mol. The van der Waals surface area contributed by atoms with Crippen LogP contribution < -0.4 is 4.74 Å². The molecule has 0 amide bonds. The summed E-state index contributed by atoms with van der Waals surface area (Å²) < 4.78 is 19.6. The van der Waals surface area contributed by atoms with E-state index in [1.165, 1.54) is 6.07 Å². The van der Waals surface area contributed by atoms with Gasteiger partial charge in [0.05, 0.1) is 7.11 Å². The zero-order valence-electron chi connectivity index (χ0n) is 15.7. The van der Waals surface area contributed by atoms with Gasteiger partial charge >= 0.3 is 5.97 Å². The Labute approximate surface area is 159 Å². The van der Waals surface area contributed by atoms with Crippen LogP contribution in [0.25, 0.3) is 0 Å². The van der Waals surface area contributed by atoms with Crippen LogP contribution in [0, 0.1) is 12.7 Å². The number of aryl methyl sites for hydroxylation is 1. The summed E-state index contributed by atoms with van der Waals surface area (Å²) in [7, 11) is 1.65. The molecule has 27 heavy (non-hydrogen) atoms. The number of benzene rings is 2. The van der Waals surface area contributed by atoms with E-state index in [0.29, 0.717) is 13.1 Å². The highest BCUT2D eigenvalue weighted by atomic mass is 19.1. The molecule has 1 N–H and O–H groups in total. The number of methoxy groups -OCH3 is 1. The van der Waals surface area contributed by atoms with Gasteiger partial charge in [0.25, 0.3) is 0 Å². The highest BCUT2D eigenvalue weighted by molar-refractivity contribution is 5.75. The Morgan fingerprint density at radius 2 is 1.93 bits per heavy atom. The van der Waals surface area contributed by atoms with E-state index in [-0.39, 0.29) is 5.56 Å². The van der Waals surface area contributed by atoms with E-state index in [1.54, 1.807) is 26.2 Å². The lowest BCUT2D eigenvalue weighted by molar-refractivity contribution is -0.144. The summed E-state index contributed by atoms with van der Waals surface area (Å²) in [5.74, 6) is -0.646. The van der Waals surface area contributed by atoms with Crippen molar-refractivity contribution in [3.63, 3.8) is 0 Å². The Balaban J connectivity index is 1.66. The first-order valence-electron chi connectivity index (χ1n) is 9.06. The molecule has 1 aliphatic rings. The zero-order valence-corrected chi connectivity index (χ0v) is 15.7. The summed E-state index contributed by atoms with van der Waals surface area (Å²) in [6.07, 6.45) is 0. The number of piperazine rings is 1. The third-order valence-electron chi connectivity index (χ3n) is 5.00. The number of nitrogens with zero attached hydrogens (tertiary/aromatic N) is 2. The first kappa shape index (κ1) is 19.3. The van der Waals surface area contributed by atoms with E-state index in [1.807, 2.05) is 23.1 Å². The van der Waals surface area contributed by atoms with Crippen LogP contribution >= 0.6 is 0 Å². The maximum absolute atomic E-state index is 14.3. The standard InChI is InChI=1S/C21H25FN2O3/c1-15-6-7-18(19(22)12-15)20(21(25)26)24-10-8-23(9-11-24)14-16-4-3-5-17(13-16)27-2/h3-7,12-13,20H,8-11,14H2,1-2H3,(H,25,26)/t20-/m1/s1. The van der Waals surface area contributed by atoms with Gasteiger partial charge in [-0.2, -0.15) is 0 Å². The first-order chi connectivity index (χ1) is 13.0.